The number of rotatable bonds is 7. The first-order valence-corrected chi connectivity index (χ1v) is 11.3. The number of aliphatic carboxylic acids is 1. The Morgan fingerprint density at radius 3 is 2.31 bits per heavy atom. The third kappa shape index (κ3) is 5.43. The van der Waals surface area contributed by atoms with Gasteiger partial charge in [-0.1, -0.05) is 13.0 Å². The predicted octanol–water partition coefficient (Wildman–Crippen LogP) is 0.905. The van der Waals surface area contributed by atoms with E-state index < -0.39 is 29.9 Å². The van der Waals surface area contributed by atoms with Gasteiger partial charge in [0, 0.05) is 32.7 Å². The van der Waals surface area contributed by atoms with Crippen LogP contribution in [0.15, 0.2) is 12.4 Å². The molecule has 2 unspecified atom stereocenters. The molecule has 4 N–H and O–H groups in total. The highest BCUT2D eigenvalue weighted by atomic mass is 16.6. The van der Waals surface area contributed by atoms with Crippen molar-refractivity contribution in [1.82, 2.24) is 20.0 Å². The Morgan fingerprint density at radius 2 is 1.72 bits per heavy atom. The third-order valence-electron chi connectivity index (χ3n) is 6.35. The molecule has 2 saturated heterocycles. The summed E-state index contributed by atoms with van der Waals surface area (Å²) in [5.41, 5.74) is 5.42. The number of ether oxygens (including phenoxy) is 1. The Hall–Kier alpha value is -2.98. The molecule has 0 aromatic heterocycles. The molecule has 3 fully saturated rings. The number of nitrogens with one attached hydrogen (secondary N) is 1. The standard InChI is InChI=1S/C21H33N5O6/c1-14(22)23-9-5-8-16-17(19(28)29)26(18(16)27)20(30)24-10-12-25(13-11-24)21(31)32-15-6-3-2-4-7-15/h15-17,23H,1-13,22H2,(H,28,29). The van der Waals surface area contributed by atoms with Crippen molar-refractivity contribution in [1.29, 1.82) is 0 Å². The number of hydrogen-bond donors (Lipinski definition) is 3. The zero-order valence-corrected chi connectivity index (χ0v) is 18.3. The highest BCUT2D eigenvalue weighted by Crippen LogP contribution is 2.32. The summed E-state index contributed by atoms with van der Waals surface area (Å²) < 4.78 is 5.57. The molecule has 0 aromatic rings. The minimum atomic E-state index is -1.20. The van der Waals surface area contributed by atoms with Gasteiger partial charge in [-0.25, -0.2) is 19.3 Å². The number of likely N-dealkylation sites (tertiary alicyclic amines) is 1. The molecule has 4 amide bonds. The molecular formula is C21H33N5O6. The van der Waals surface area contributed by atoms with Crippen LogP contribution in [0.25, 0.3) is 0 Å². The first kappa shape index (κ1) is 23.7. The molecule has 3 aliphatic rings. The van der Waals surface area contributed by atoms with Crippen LogP contribution in [0.5, 0.6) is 0 Å². The van der Waals surface area contributed by atoms with Gasteiger partial charge in [-0.2, -0.15) is 0 Å². The minimum Gasteiger partial charge on any atom is -0.480 e. The van der Waals surface area contributed by atoms with E-state index in [1.54, 1.807) is 4.90 Å². The number of piperazine rings is 1. The predicted molar refractivity (Wildman–Crippen MR) is 114 cm³/mol. The highest BCUT2D eigenvalue weighted by molar-refractivity contribution is 6.07. The summed E-state index contributed by atoms with van der Waals surface area (Å²) in [5, 5.41) is 12.4. The Labute approximate surface area is 187 Å². The zero-order chi connectivity index (χ0) is 23.3. The number of carbonyl (C=O) groups is 4. The lowest BCUT2D eigenvalue weighted by Crippen LogP contribution is -2.69. The molecule has 1 saturated carbocycles. The fourth-order valence-electron chi connectivity index (χ4n) is 4.53. The summed E-state index contributed by atoms with van der Waals surface area (Å²) in [6, 6.07) is -1.79. The van der Waals surface area contributed by atoms with Crippen LogP contribution in [0.1, 0.15) is 44.9 Å². The van der Waals surface area contributed by atoms with Crippen molar-refractivity contribution in [3.05, 3.63) is 12.4 Å². The van der Waals surface area contributed by atoms with Gasteiger partial charge in [-0.05, 0) is 38.5 Å². The largest absolute Gasteiger partial charge is 0.480 e. The second kappa shape index (κ2) is 10.6. The number of carboxylic acid groups (broad SMARTS) is 1. The van der Waals surface area contributed by atoms with E-state index in [1.165, 1.54) is 11.3 Å². The molecule has 0 spiro atoms. The van der Waals surface area contributed by atoms with Crippen molar-refractivity contribution < 1.29 is 29.0 Å². The Kier molecular flexibility index (Phi) is 7.81. The van der Waals surface area contributed by atoms with Crippen molar-refractivity contribution >= 4 is 24.0 Å². The molecule has 11 heteroatoms. The molecule has 2 atom stereocenters. The lowest BCUT2D eigenvalue weighted by atomic mass is 9.83. The number of urea groups is 1. The summed E-state index contributed by atoms with van der Waals surface area (Å²) in [4.78, 5) is 53.3. The second-order valence-electron chi connectivity index (χ2n) is 8.59. The summed E-state index contributed by atoms with van der Waals surface area (Å²) >= 11 is 0. The van der Waals surface area contributed by atoms with E-state index in [2.05, 4.69) is 11.9 Å². The maximum absolute atomic E-state index is 12.9. The lowest BCUT2D eigenvalue weighted by Gasteiger charge is -2.46. The van der Waals surface area contributed by atoms with Crippen LogP contribution in [0.2, 0.25) is 0 Å². The summed E-state index contributed by atoms with van der Waals surface area (Å²) in [6.07, 6.45) is 5.51. The smallest absolute Gasteiger partial charge is 0.410 e. The van der Waals surface area contributed by atoms with Crippen LogP contribution < -0.4 is 11.1 Å². The van der Waals surface area contributed by atoms with E-state index >= 15 is 0 Å². The van der Waals surface area contributed by atoms with Crippen LogP contribution >= 0.6 is 0 Å². The molecular weight excluding hydrogens is 418 g/mol. The van der Waals surface area contributed by atoms with Crippen molar-refractivity contribution in [2.75, 3.05) is 32.7 Å². The quantitative estimate of drug-likeness (QED) is 0.382. The molecule has 11 nitrogen and oxygen atoms in total. The molecule has 178 valence electrons. The molecule has 1 aliphatic carbocycles. The first-order valence-electron chi connectivity index (χ1n) is 11.3. The Balaban J connectivity index is 1.48. The van der Waals surface area contributed by atoms with Gasteiger partial charge >= 0.3 is 18.1 Å². The number of imide groups is 1. The van der Waals surface area contributed by atoms with Gasteiger partial charge in [0.2, 0.25) is 5.91 Å². The summed E-state index contributed by atoms with van der Waals surface area (Å²) in [6.45, 7) is 5.00. The number of hydrogen-bond acceptors (Lipinski definition) is 7. The van der Waals surface area contributed by atoms with Crippen molar-refractivity contribution in [2.45, 2.75) is 57.1 Å². The van der Waals surface area contributed by atoms with Gasteiger partial charge < -0.3 is 30.7 Å². The molecule has 0 radical (unpaired) electrons. The average Bonchev–Trinajstić information content (AvgIpc) is 2.77. The van der Waals surface area contributed by atoms with E-state index in [1.807, 2.05) is 0 Å². The number of β-lactam (4-membered cyclic amide) rings is 1. The first-order chi connectivity index (χ1) is 15.3. The molecule has 2 aliphatic heterocycles. The third-order valence-corrected chi connectivity index (χ3v) is 6.35. The number of nitrogens with two attached hydrogens (primary N) is 1. The number of amides is 4. The number of carbonyl (C=O) groups excluding carboxylic acids is 3. The van der Waals surface area contributed by atoms with Crippen LogP contribution in [0.3, 0.4) is 0 Å². The molecule has 0 aromatic carbocycles. The van der Waals surface area contributed by atoms with Gasteiger partial charge in [0.25, 0.3) is 0 Å². The minimum absolute atomic E-state index is 0.0407. The van der Waals surface area contributed by atoms with Crippen LogP contribution in [-0.2, 0) is 14.3 Å². The maximum Gasteiger partial charge on any atom is 0.410 e. The van der Waals surface area contributed by atoms with Gasteiger partial charge in [0.1, 0.15) is 6.10 Å². The van der Waals surface area contributed by atoms with Crippen LogP contribution in [0.4, 0.5) is 9.59 Å². The SMILES string of the molecule is C=C(N)NCCCC1C(=O)N(C(=O)N2CCN(C(=O)OC3CCCCC3)CC2)C1C(=O)O. The monoisotopic (exact) mass is 451 g/mol. The van der Waals surface area contributed by atoms with Gasteiger partial charge in [0.05, 0.1) is 11.7 Å². The maximum atomic E-state index is 12.9. The van der Waals surface area contributed by atoms with E-state index in [0.29, 0.717) is 25.2 Å². The molecule has 32 heavy (non-hydrogen) atoms. The van der Waals surface area contributed by atoms with E-state index in [4.69, 9.17) is 10.5 Å². The van der Waals surface area contributed by atoms with Crippen molar-refractivity contribution in [2.24, 2.45) is 11.7 Å². The van der Waals surface area contributed by atoms with Gasteiger partial charge in [0.15, 0.2) is 6.04 Å². The van der Waals surface area contributed by atoms with Crippen LogP contribution in [0, 0.1) is 5.92 Å². The fraction of sp³-hybridized carbons (Fsp3) is 0.714. The molecule has 0 bridgehead atoms. The lowest BCUT2D eigenvalue weighted by molar-refractivity contribution is -0.167. The zero-order valence-electron chi connectivity index (χ0n) is 18.3. The van der Waals surface area contributed by atoms with Crippen molar-refractivity contribution in [3.8, 4) is 0 Å². The van der Waals surface area contributed by atoms with E-state index in [0.717, 1.165) is 30.6 Å². The van der Waals surface area contributed by atoms with Gasteiger partial charge in [-0.15, -0.1) is 0 Å². The Bertz CT molecular complexity index is 745. The second-order valence-corrected chi connectivity index (χ2v) is 8.59. The average molecular weight is 452 g/mol. The molecule has 3 rings (SSSR count). The molecule has 2 heterocycles. The van der Waals surface area contributed by atoms with Gasteiger partial charge in [-0.3, -0.25) is 4.79 Å². The summed E-state index contributed by atoms with van der Waals surface area (Å²) in [5.74, 6) is -2.11. The highest BCUT2D eigenvalue weighted by Gasteiger charge is 2.55. The van der Waals surface area contributed by atoms with E-state index in [9.17, 15) is 24.3 Å². The van der Waals surface area contributed by atoms with Crippen molar-refractivity contribution in [3.63, 3.8) is 0 Å². The number of carboxylic acids is 1. The van der Waals surface area contributed by atoms with Crippen LogP contribution in [-0.4, -0.2) is 88.7 Å². The topological polar surface area (TPSA) is 146 Å². The fourth-order valence-corrected chi connectivity index (χ4v) is 4.53. The normalized spacial score (nSPS) is 24.0. The Morgan fingerprint density at radius 1 is 1.09 bits per heavy atom. The van der Waals surface area contributed by atoms with E-state index in [-0.39, 0.29) is 38.4 Å². The number of nitrogens with zero attached hydrogens (tertiary/aromatic N) is 3. The summed E-state index contributed by atoms with van der Waals surface area (Å²) in [7, 11) is 0.